The van der Waals surface area contributed by atoms with Crippen molar-refractivity contribution in [2.75, 3.05) is 7.05 Å². The summed E-state index contributed by atoms with van der Waals surface area (Å²) in [6.45, 7) is 0. The van der Waals surface area contributed by atoms with Crippen molar-refractivity contribution in [2.45, 2.75) is 0 Å². The predicted octanol–water partition coefficient (Wildman–Crippen LogP) is 3.07. The van der Waals surface area contributed by atoms with E-state index in [1.807, 2.05) is 36.4 Å². The highest BCUT2D eigenvalue weighted by Crippen LogP contribution is 2.32. The van der Waals surface area contributed by atoms with Crippen molar-refractivity contribution in [1.82, 2.24) is 9.88 Å². The number of carbonyl (C=O) groups is 1. The van der Waals surface area contributed by atoms with E-state index in [9.17, 15) is 4.79 Å². The number of thioether (sulfide) groups is 1. The summed E-state index contributed by atoms with van der Waals surface area (Å²) >= 11 is 6.45. The fourth-order valence-corrected chi connectivity index (χ4v) is 3.10. The van der Waals surface area contributed by atoms with Gasteiger partial charge in [-0.3, -0.25) is 14.7 Å². The molecule has 0 N–H and O–H groups in total. The number of carbonyl (C=O) groups excluding carboxylic acids is 1. The van der Waals surface area contributed by atoms with Crippen molar-refractivity contribution in [2.24, 2.45) is 0 Å². The summed E-state index contributed by atoms with van der Waals surface area (Å²) in [4.78, 5) is 18.5. The summed E-state index contributed by atoms with van der Waals surface area (Å²) in [7, 11) is 1.69. The SMILES string of the molecule is CN1C(=O)C(=Cc2cccc3cccnc23)SC1=S. The van der Waals surface area contributed by atoms with Gasteiger partial charge < -0.3 is 0 Å². The van der Waals surface area contributed by atoms with Crippen molar-refractivity contribution < 1.29 is 4.79 Å². The molecule has 0 saturated carbocycles. The number of rotatable bonds is 1. The van der Waals surface area contributed by atoms with Gasteiger partial charge >= 0.3 is 0 Å². The molecule has 0 aliphatic carbocycles. The monoisotopic (exact) mass is 286 g/mol. The van der Waals surface area contributed by atoms with E-state index < -0.39 is 0 Å². The van der Waals surface area contributed by atoms with E-state index in [2.05, 4.69) is 4.98 Å². The second-order valence-electron chi connectivity index (χ2n) is 4.16. The van der Waals surface area contributed by atoms with E-state index in [0.29, 0.717) is 9.23 Å². The maximum atomic E-state index is 12.0. The molecule has 5 heteroatoms. The highest BCUT2D eigenvalue weighted by Gasteiger charge is 2.28. The van der Waals surface area contributed by atoms with Crippen molar-refractivity contribution in [3.8, 4) is 0 Å². The van der Waals surface area contributed by atoms with E-state index in [1.54, 1.807) is 13.2 Å². The second-order valence-corrected chi connectivity index (χ2v) is 5.84. The van der Waals surface area contributed by atoms with E-state index in [-0.39, 0.29) is 5.91 Å². The van der Waals surface area contributed by atoms with Crippen LogP contribution in [0.25, 0.3) is 17.0 Å². The van der Waals surface area contributed by atoms with Gasteiger partial charge in [-0.2, -0.15) is 0 Å². The number of amides is 1. The number of nitrogens with zero attached hydrogens (tertiary/aromatic N) is 2. The number of benzene rings is 1. The number of aromatic nitrogens is 1. The van der Waals surface area contributed by atoms with Crippen molar-refractivity contribution in [1.29, 1.82) is 0 Å². The van der Waals surface area contributed by atoms with E-state index in [1.165, 1.54) is 16.7 Å². The lowest BCUT2D eigenvalue weighted by molar-refractivity contribution is -0.121. The minimum absolute atomic E-state index is 0.0528. The molecule has 0 spiro atoms. The van der Waals surface area contributed by atoms with E-state index >= 15 is 0 Å². The third kappa shape index (κ3) is 2.15. The molecular formula is C14H10N2OS2. The highest BCUT2D eigenvalue weighted by molar-refractivity contribution is 8.26. The normalized spacial score (nSPS) is 17.7. The fourth-order valence-electron chi connectivity index (χ4n) is 1.93. The quantitative estimate of drug-likeness (QED) is 0.596. The topological polar surface area (TPSA) is 33.2 Å². The summed E-state index contributed by atoms with van der Waals surface area (Å²) in [6, 6.07) is 9.83. The van der Waals surface area contributed by atoms with Gasteiger partial charge in [-0.15, -0.1) is 0 Å². The number of thiocarbonyl (C=S) groups is 1. The zero-order chi connectivity index (χ0) is 13.4. The molecule has 1 aliphatic rings. The molecule has 0 radical (unpaired) electrons. The molecule has 1 aromatic carbocycles. The van der Waals surface area contributed by atoms with Crippen LogP contribution in [0.1, 0.15) is 5.56 Å². The first-order valence-electron chi connectivity index (χ1n) is 5.72. The number of likely N-dealkylation sites (N-methyl/N-ethyl adjacent to an activating group) is 1. The van der Waals surface area contributed by atoms with Crippen molar-refractivity contribution in [3.63, 3.8) is 0 Å². The van der Waals surface area contributed by atoms with Crippen LogP contribution in [-0.2, 0) is 4.79 Å². The van der Waals surface area contributed by atoms with Gasteiger partial charge in [0.15, 0.2) is 0 Å². The maximum Gasteiger partial charge on any atom is 0.265 e. The van der Waals surface area contributed by atoms with Gasteiger partial charge in [-0.1, -0.05) is 48.2 Å². The first-order chi connectivity index (χ1) is 9.16. The lowest BCUT2D eigenvalue weighted by Crippen LogP contribution is -2.22. The van der Waals surface area contributed by atoms with Crippen molar-refractivity contribution >= 4 is 51.2 Å². The predicted molar refractivity (Wildman–Crippen MR) is 82.7 cm³/mol. The average Bonchev–Trinajstić information content (AvgIpc) is 2.67. The minimum atomic E-state index is -0.0528. The molecule has 94 valence electrons. The Labute approximate surface area is 120 Å². The van der Waals surface area contributed by atoms with Crippen LogP contribution >= 0.6 is 24.0 Å². The Balaban J connectivity index is 2.12. The van der Waals surface area contributed by atoms with Crippen LogP contribution in [-0.4, -0.2) is 27.2 Å². The molecular weight excluding hydrogens is 276 g/mol. The van der Waals surface area contributed by atoms with Crippen LogP contribution in [0.5, 0.6) is 0 Å². The molecule has 1 saturated heterocycles. The number of pyridine rings is 1. The van der Waals surface area contributed by atoms with Gasteiger partial charge in [-0.05, 0) is 12.1 Å². The molecule has 3 rings (SSSR count). The largest absolute Gasteiger partial charge is 0.296 e. The zero-order valence-electron chi connectivity index (χ0n) is 10.2. The molecule has 0 atom stereocenters. The zero-order valence-corrected chi connectivity index (χ0v) is 11.8. The first-order valence-corrected chi connectivity index (χ1v) is 6.94. The van der Waals surface area contributed by atoms with Crippen molar-refractivity contribution in [3.05, 3.63) is 47.0 Å². The molecule has 1 amide bonds. The summed E-state index contributed by atoms with van der Waals surface area (Å²) in [6.07, 6.45) is 3.61. The molecule has 1 aromatic heterocycles. The summed E-state index contributed by atoms with van der Waals surface area (Å²) in [5, 5.41) is 1.06. The highest BCUT2D eigenvalue weighted by atomic mass is 32.2. The molecule has 19 heavy (non-hydrogen) atoms. The molecule has 1 fully saturated rings. The van der Waals surface area contributed by atoms with Crippen LogP contribution in [0, 0.1) is 0 Å². The summed E-state index contributed by atoms with van der Waals surface area (Å²) in [5.41, 5.74) is 1.83. The average molecular weight is 286 g/mol. The third-order valence-corrected chi connectivity index (χ3v) is 4.42. The van der Waals surface area contributed by atoms with Crippen LogP contribution in [0.4, 0.5) is 0 Å². The Hall–Kier alpha value is -1.72. The van der Waals surface area contributed by atoms with Gasteiger partial charge in [-0.25, -0.2) is 0 Å². The van der Waals surface area contributed by atoms with E-state index in [0.717, 1.165) is 16.5 Å². The number of hydrogen-bond donors (Lipinski definition) is 0. The Kier molecular flexibility index (Phi) is 3.08. The molecule has 2 heterocycles. The summed E-state index contributed by atoms with van der Waals surface area (Å²) in [5.74, 6) is -0.0528. The smallest absolute Gasteiger partial charge is 0.265 e. The summed E-state index contributed by atoms with van der Waals surface area (Å²) < 4.78 is 0.587. The number of fused-ring (bicyclic) bond motifs is 1. The van der Waals surface area contributed by atoms with Gasteiger partial charge in [0.2, 0.25) is 0 Å². The van der Waals surface area contributed by atoms with Crippen LogP contribution in [0.2, 0.25) is 0 Å². The number of hydrogen-bond acceptors (Lipinski definition) is 4. The molecule has 0 unspecified atom stereocenters. The molecule has 2 aromatic rings. The Morgan fingerprint density at radius 2 is 2.11 bits per heavy atom. The van der Waals surface area contributed by atoms with Crippen LogP contribution in [0.15, 0.2) is 41.4 Å². The molecule has 0 bridgehead atoms. The van der Waals surface area contributed by atoms with Gasteiger partial charge in [0.05, 0.1) is 10.4 Å². The van der Waals surface area contributed by atoms with Crippen LogP contribution < -0.4 is 0 Å². The van der Waals surface area contributed by atoms with Gasteiger partial charge in [0.1, 0.15) is 4.32 Å². The lowest BCUT2D eigenvalue weighted by Gasteiger charge is -2.04. The van der Waals surface area contributed by atoms with Gasteiger partial charge in [0.25, 0.3) is 5.91 Å². The second kappa shape index (κ2) is 4.75. The Morgan fingerprint density at radius 1 is 1.32 bits per heavy atom. The van der Waals surface area contributed by atoms with E-state index in [4.69, 9.17) is 12.2 Å². The Morgan fingerprint density at radius 3 is 2.84 bits per heavy atom. The number of para-hydroxylation sites is 1. The fraction of sp³-hybridized carbons (Fsp3) is 0.0714. The third-order valence-electron chi connectivity index (χ3n) is 2.94. The minimum Gasteiger partial charge on any atom is -0.296 e. The lowest BCUT2D eigenvalue weighted by atomic mass is 10.1. The first kappa shape index (κ1) is 12.3. The maximum absolute atomic E-state index is 12.0. The van der Waals surface area contributed by atoms with Crippen LogP contribution in [0.3, 0.4) is 0 Å². The molecule has 3 nitrogen and oxygen atoms in total. The Bertz CT molecular complexity index is 719. The molecule has 1 aliphatic heterocycles. The van der Waals surface area contributed by atoms with Gasteiger partial charge in [0, 0.05) is 24.2 Å². The standard InChI is InChI=1S/C14H10N2OS2/c1-16-13(17)11(19-14(16)18)8-10-5-2-4-9-6-3-7-15-12(9)10/h2-8H,1H3.